The van der Waals surface area contributed by atoms with Gasteiger partial charge in [-0.15, -0.1) is 10.2 Å². The SMILES string of the molecule is COC(OC)c1cccc(NC=C(C#N)c2nn[nH]n2)c1F. The highest BCUT2D eigenvalue weighted by molar-refractivity contribution is 5.74. The molecule has 2 aromatic rings. The number of rotatable bonds is 6. The molecule has 2 N–H and O–H groups in total. The van der Waals surface area contributed by atoms with Gasteiger partial charge in [0.2, 0.25) is 5.82 Å². The zero-order chi connectivity index (χ0) is 15.9. The second-order valence-electron chi connectivity index (χ2n) is 4.06. The molecule has 1 aromatic heterocycles. The monoisotopic (exact) mass is 304 g/mol. The van der Waals surface area contributed by atoms with E-state index in [1.165, 1.54) is 26.5 Å². The summed E-state index contributed by atoms with van der Waals surface area (Å²) < 4.78 is 24.5. The van der Waals surface area contributed by atoms with Gasteiger partial charge in [-0.05, 0) is 11.3 Å². The summed E-state index contributed by atoms with van der Waals surface area (Å²) in [5, 5.41) is 24.7. The van der Waals surface area contributed by atoms with E-state index < -0.39 is 12.1 Å². The predicted molar refractivity (Wildman–Crippen MR) is 74.5 cm³/mol. The van der Waals surface area contributed by atoms with Gasteiger partial charge < -0.3 is 14.8 Å². The molecule has 0 aliphatic carbocycles. The number of halogens is 1. The van der Waals surface area contributed by atoms with Gasteiger partial charge in [0.05, 0.1) is 5.69 Å². The number of H-pyrrole nitrogens is 1. The van der Waals surface area contributed by atoms with Crippen LogP contribution >= 0.6 is 0 Å². The topological polar surface area (TPSA) is 109 Å². The van der Waals surface area contributed by atoms with Gasteiger partial charge in [-0.1, -0.05) is 12.1 Å². The summed E-state index contributed by atoms with van der Waals surface area (Å²) in [5.74, 6) is -0.434. The van der Waals surface area contributed by atoms with Gasteiger partial charge in [0.25, 0.3) is 0 Å². The van der Waals surface area contributed by atoms with E-state index in [1.54, 1.807) is 12.1 Å². The molecule has 1 heterocycles. The van der Waals surface area contributed by atoms with Crippen LogP contribution in [-0.4, -0.2) is 34.8 Å². The molecule has 0 atom stereocenters. The molecule has 0 amide bonds. The van der Waals surface area contributed by atoms with Crippen LogP contribution in [0.3, 0.4) is 0 Å². The fourth-order valence-electron chi connectivity index (χ4n) is 1.77. The smallest absolute Gasteiger partial charge is 0.216 e. The minimum atomic E-state index is -0.821. The van der Waals surface area contributed by atoms with Crippen molar-refractivity contribution in [3.8, 4) is 6.07 Å². The van der Waals surface area contributed by atoms with Crippen LogP contribution in [0.15, 0.2) is 24.4 Å². The molecule has 0 aliphatic rings. The summed E-state index contributed by atoms with van der Waals surface area (Å²) in [6, 6.07) is 6.60. The van der Waals surface area contributed by atoms with Gasteiger partial charge in [-0.25, -0.2) is 4.39 Å². The van der Waals surface area contributed by atoms with E-state index in [0.29, 0.717) is 0 Å². The van der Waals surface area contributed by atoms with Crippen LogP contribution in [0.5, 0.6) is 0 Å². The first kappa shape index (κ1) is 15.6. The van der Waals surface area contributed by atoms with E-state index in [2.05, 4.69) is 25.9 Å². The summed E-state index contributed by atoms with van der Waals surface area (Å²) in [6.07, 6.45) is 0.472. The summed E-state index contributed by atoms with van der Waals surface area (Å²) in [6.45, 7) is 0. The Morgan fingerprint density at radius 1 is 1.45 bits per heavy atom. The Bertz CT molecular complexity index is 691. The molecule has 22 heavy (non-hydrogen) atoms. The fraction of sp³-hybridized carbons (Fsp3) is 0.231. The second kappa shape index (κ2) is 7.26. The molecule has 0 spiro atoms. The molecule has 2 rings (SSSR count). The minimum Gasteiger partial charge on any atom is -0.358 e. The molecular formula is C13H13FN6O2. The van der Waals surface area contributed by atoms with Crippen molar-refractivity contribution in [3.63, 3.8) is 0 Å². The van der Waals surface area contributed by atoms with Crippen LogP contribution in [-0.2, 0) is 9.47 Å². The number of hydrogen-bond acceptors (Lipinski definition) is 7. The zero-order valence-corrected chi connectivity index (χ0v) is 11.9. The Morgan fingerprint density at radius 3 is 2.82 bits per heavy atom. The Balaban J connectivity index is 2.27. The Morgan fingerprint density at radius 2 is 2.23 bits per heavy atom. The molecule has 0 fully saturated rings. The number of ether oxygens (including phenoxy) is 2. The number of nitrogens with one attached hydrogen (secondary N) is 2. The van der Waals surface area contributed by atoms with E-state index in [9.17, 15) is 4.39 Å². The van der Waals surface area contributed by atoms with Crippen LogP contribution < -0.4 is 5.32 Å². The largest absolute Gasteiger partial charge is 0.358 e. The maximum atomic E-state index is 14.4. The molecule has 114 valence electrons. The lowest BCUT2D eigenvalue weighted by Gasteiger charge is -2.16. The number of aromatic nitrogens is 4. The zero-order valence-electron chi connectivity index (χ0n) is 11.9. The average Bonchev–Trinajstić information content (AvgIpc) is 3.06. The van der Waals surface area contributed by atoms with Crippen LogP contribution in [0.4, 0.5) is 10.1 Å². The van der Waals surface area contributed by atoms with E-state index >= 15 is 0 Å². The van der Waals surface area contributed by atoms with Crippen LogP contribution in [0, 0.1) is 17.1 Å². The van der Waals surface area contributed by atoms with Gasteiger partial charge in [0.15, 0.2) is 12.1 Å². The normalized spacial score (nSPS) is 11.5. The van der Waals surface area contributed by atoms with E-state index in [0.717, 1.165) is 0 Å². The van der Waals surface area contributed by atoms with Gasteiger partial charge in [0.1, 0.15) is 11.6 Å². The van der Waals surface area contributed by atoms with Gasteiger partial charge in [0, 0.05) is 26.0 Å². The summed E-state index contributed by atoms with van der Waals surface area (Å²) in [7, 11) is 2.83. The van der Waals surface area contributed by atoms with E-state index in [-0.39, 0.29) is 22.6 Å². The highest BCUT2D eigenvalue weighted by Gasteiger charge is 2.17. The second-order valence-corrected chi connectivity index (χ2v) is 4.06. The minimum absolute atomic E-state index is 0.105. The van der Waals surface area contributed by atoms with E-state index in [4.69, 9.17) is 14.7 Å². The molecule has 1 aromatic carbocycles. The standard InChI is InChI=1S/C13H13FN6O2/c1-21-13(22-2)9-4-3-5-10(11(9)14)16-7-8(6-15)12-17-19-20-18-12/h3-5,7,13,16H,1-2H3,(H,17,18,19,20). The third-order valence-corrected chi connectivity index (χ3v) is 2.79. The van der Waals surface area contributed by atoms with E-state index in [1.807, 2.05) is 6.07 Å². The summed E-state index contributed by atoms with van der Waals surface area (Å²) in [4.78, 5) is 0. The molecule has 8 nitrogen and oxygen atoms in total. The number of nitrogens with zero attached hydrogens (tertiary/aromatic N) is 4. The molecule has 0 aliphatic heterocycles. The maximum absolute atomic E-state index is 14.4. The maximum Gasteiger partial charge on any atom is 0.216 e. The van der Waals surface area contributed by atoms with Crippen molar-refractivity contribution in [2.75, 3.05) is 19.5 Å². The number of aromatic amines is 1. The average molecular weight is 304 g/mol. The van der Waals surface area contributed by atoms with Gasteiger partial charge in [-0.3, -0.25) is 0 Å². The third-order valence-electron chi connectivity index (χ3n) is 2.79. The van der Waals surface area contributed by atoms with Crippen LogP contribution in [0.25, 0.3) is 5.57 Å². The summed E-state index contributed by atoms with van der Waals surface area (Å²) in [5.41, 5.74) is 0.503. The quantitative estimate of drug-likeness (QED) is 0.616. The number of nitriles is 1. The molecule has 0 saturated heterocycles. The highest BCUT2D eigenvalue weighted by atomic mass is 19.1. The third kappa shape index (κ3) is 3.25. The highest BCUT2D eigenvalue weighted by Crippen LogP contribution is 2.26. The van der Waals surface area contributed by atoms with Crippen LogP contribution in [0.1, 0.15) is 17.7 Å². The molecule has 0 bridgehead atoms. The Hall–Kier alpha value is -2.83. The predicted octanol–water partition coefficient (Wildman–Crippen LogP) is 1.61. The Labute approximate surface area is 125 Å². The molecule has 0 unspecified atom stereocenters. The van der Waals surface area contributed by atoms with Crippen molar-refractivity contribution in [2.24, 2.45) is 0 Å². The lowest BCUT2D eigenvalue weighted by Crippen LogP contribution is -2.07. The van der Waals surface area contributed by atoms with Gasteiger partial charge in [-0.2, -0.15) is 10.5 Å². The lowest BCUT2D eigenvalue weighted by molar-refractivity contribution is -0.107. The molecule has 0 saturated carbocycles. The number of allylic oxidation sites excluding steroid dienone is 1. The Kier molecular flexibility index (Phi) is 5.13. The fourth-order valence-corrected chi connectivity index (χ4v) is 1.77. The summed E-state index contributed by atoms with van der Waals surface area (Å²) >= 11 is 0. The molecular weight excluding hydrogens is 291 g/mol. The first-order chi connectivity index (χ1) is 10.7. The van der Waals surface area contributed by atoms with Gasteiger partial charge >= 0.3 is 0 Å². The number of anilines is 1. The van der Waals surface area contributed by atoms with Crippen molar-refractivity contribution in [2.45, 2.75) is 6.29 Å². The lowest BCUT2D eigenvalue weighted by atomic mass is 10.1. The van der Waals surface area contributed by atoms with Crippen molar-refractivity contribution in [1.82, 2.24) is 20.6 Å². The molecule has 0 radical (unpaired) electrons. The number of tetrazole rings is 1. The van der Waals surface area contributed by atoms with Crippen molar-refractivity contribution in [3.05, 3.63) is 41.6 Å². The number of benzene rings is 1. The van der Waals surface area contributed by atoms with Crippen molar-refractivity contribution in [1.29, 1.82) is 5.26 Å². The first-order valence-electron chi connectivity index (χ1n) is 6.15. The van der Waals surface area contributed by atoms with Crippen molar-refractivity contribution < 1.29 is 13.9 Å². The number of methoxy groups -OCH3 is 2. The van der Waals surface area contributed by atoms with Crippen molar-refractivity contribution >= 4 is 11.3 Å². The molecule has 9 heteroatoms. The van der Waals surface area contributed by atoms with Crippen LogP contribution in [0.2, 0.25) is 0 Å². The number of hydrogen-bond donors (Lipinski definition) is 2. The first-order valence-corrected chi connectivity index (χ1v) is 6.15.